The molecule has 0 heterocycles. The topological polar surface area (TPSA) is 53.3 Å². The Morgan fingerprint density at radius 2 is 1.89 bits per heavy atom. The van der Waals surface area contributed by atoms with E-state index in [0.29, 0.717) is 4.91 Å². The van der Waals surface area contributed by atoms with E-state index >= 15 is 0 Å². The number of benzene rings is 1. The van der Waals surface area contributed by atoms with Crippen molar-refractivity contribution in [3.05, 3.63) is 35.4 Å². The molecular weight excluding hydrogens is 260 g/mol. The summed E-state index contributed by atoms with van der Waals surface area (Å²) in [7, 11) is 5.18. The Morgan fingerprint density at radius 3 is 2.26 bits per heavy atom. The third-order valence-corrected chi connectivity index (χ3v) is 3.43. The second-order valence-corrected chi connectivity index (χ2v) is 4.77. The molecule has 0 aromatic heterocycles. The van der Waals surface area contributed by atoms with Crippen molar-refractivity contribution in [3.63, 3.8) is 0 Å². The molecule has 0 saturated carbocycles. The molecule has 19 heavy (non-hydrogen) atoms. The summed E-state index contributed by atoms with van der Waals surface area (Å²) in [5.74, 6) is -0.608. The van der Waals surface area contributed by atoms with Gasteiger partial charge in [-0.15, -0.1) is 11.8 Å². The molecule has 0 bridgehead atoms. The van der Waals surface area contributed by atoms with Gasteiger partial charge in [-0.1, -0.05) is 12.1 Å². The van der Waals surface area contributed by atoms with Crippen LogP contribution in [0.3, 0.4) is 0 Å². The summed E-state index contributed by atoms with van der Waals surface area (Å²) in [5, 5.41) is 9.10. The fourth-order valence-electron chi connectivity index (χ4n) is 1.57. The zero-order valence-corrected chi connectivity index (χ0v) is 12.2. The van der Waals surface area contributed by atoms with Crippen molar-refractivity contribution in [2.45, 2.75) is 0 Å². The van der Waals surface area contributed by atoms with Crippen LogP contribution in [0, 0.1) is 11.3 Å². The number of rotatable bonds is 4. The molecule has 1 rings (SSSR count). The minimum Gasteiger partial charge on any atom is -0.465 e. The van der Waals surface area contributed by atoms with Crippen molar-refractivity contribution in [2.75, 3.05) is 32.4 Å². The van der Waals surface area contributed by atoms with E-state index in [1.54, 1.807) is 0 Å². The van der Waals surface area contributed by atoms with Crippen molar-refractivity contribution in [1.29, 1.82) is 5.26 Å². The van der Waals surface area contributed by atoms with Crippen LogP contribution in [0.15, 0.2) is 29.8 Å². The van der Waals surface area contributed by atoms with Gasteiger partial charge in [0, 0.05) is 24.7 Å². The molecule has 0 aliphatic rings. The van der Waals surface area contributed by atoms with Crippen molar-refractivity contribution in [2.24, 2.45) is 0 Å². The molecule has 0 amide bonds. The predicted octanol–water partition coefficient (Wildman–Crippen LogP) is 2.52. The lowest BCUT2D eigenvalue weighted by atomic mass is 10.1. The minimum atomic E-state index is -0.608. The number of hydrogen-bond acceptors (Lipinski definition) is 5. The van der Waals surface area contributed by atoms with Gasteiger partial charge < -0.3 is 9.64 Å². The second-order valence-electron chi connectivity index (χ2n) is 3.95. The first-order valence-electron chi connectivity index (χ1n) is 5.59. The smallest absolute Gasteiger partial charge is 0.349 e. The highest BCUT2D eigenvalue weighted by atomic mass is 32.2. The van der Waals surface area contributed by atoms with Gasteiger partial charge in [-0.05, 0) is 24.0 Å². The Morgan fingerprint density at radius 1 is 1.32 bits per heavy atom. The highest BCUT2D eigenvalue weighted by molar-refractivity contribution is 8.07. The molecule has 0 saturated heterocycles. The van der Waals surface area contributed by atoms with Gasteiger partial charge in [-0.2, -0.15) is 5.26 Å². The molecule has 0 aliphatic heterocycles. The van der Waals surface area contributed by atoms with Crippen LogP contribution >= 0.6 is 11.8 Å². The molecule has 0 fully saturated rings. The van der Waals surface area contributed by atoms with Crippen LogP contribution < -0.4 is 4.90 Å². The first-order valence-corrected chi connectivity index (χ1v) is 6.82. The molecule has 0 spiro atoms. The van der Waals surface area contributed by atoms with E-state index in [0.717, 1.165) is 11.3 Å². The molecule has 100 valence electrons. The van der Waals surface area contributed by atoms with E-state index in [9.17, 15) is 4.79 Å². The summed E-state index contributed by atoms with van der Waals surface area (Å²) < 4.78 is 4.63. The van der Waals surface area contributed by atoms with Gasteiger partial charge in [0.05, 0.1) is 7.11 Å². The summed E-state index contributed by atoms with van der Waals surface area (Å²) in [5.41, 5.74) is 1.92. The number of esters is 1. The highest BCUT2D eigenvalue weighted by Crippen LogP contribution is 2.30. The number of carbonyl (C=O) groups is 1. The maximum atomic E-state index is 11.6. The summed E-state index contributed by atoms with van der Waals surface area (Å²) in [4.78, 5) is 14.2. The molecule has 1 aromatic rings. The average Bonchev–Trinajstić information content (AvgIpc) is 2.44. The third kappa shape index (κ3) is 3.52. The zero-order valence-electron chi connectivity index (χ0n) is 11.4. The number of carbonyl (C=O) groups excluding carboxylic acids is 1. The maximum Gasteiger partial charge on any atom is 0.349 e. The molecule has 4 nitrogen and oxygen atoms in total. The second kappa shape index (κ2) is 6.86. The number of thioether (sulfide) groups is 1. The average molecular weight is 276 g/mol. The van der Waals surface area contributed by atoms with Crippen molar-refractivity contribution in [1.82, 2.24) is 0 Å². The van der Waals surface area contributed by atoms with Gasteiger partial charge in [0.15, 0.2) is 5.57 Å². The van der Waals surface area contributed by atoms with E-state index in [1.807, 2.05) is 55.6 Å². The lowest BCUT2D eigenvalue weighted by molar-refractivity contribution is -0.135. The number of methoxy groups -OCH3 is 1. The Hall–Kier alpha value is -1.93. The summed E-state index contributed by atoms with van der Waals surface area (Å²) in [6.07, 6.45) is 1.83. The monoisotopic (exact) mass is 276 g/mol. The van der Waals surface area contributed by atoms with Gasteiger partial charge in [0.2, 0.25) is 0 Å². The Balaban J connectivity index is 3.27. The Kier molecular flexibility index (Phi) is 5.46. The lowest BCUT2D eigenvalue weighted by Crippen LogP contribution is -2.08. The van der Waals surface area contributed by atoms with Gasteiger partial charge in [0.1, 0.15) is 6.07 Å². The quantitative estimate of drug-likeness (QED) is 0.480. The Bertz CT molecular complexity index is 527. The molecule has 0 radical (unpaired) electrons. The van der Waals surface area contributed by atoms with Crippen LogP contribution in [0.4, 0.5) is 5.69 Å². The maximum absolute atomic E-state index is 11.6. The fourth-order valence-corrected chi connectivity index (χ4v) is 2.27. The summed E-state index contributed by atoms with van der Waals surface area (Å²) in [6, 6.07) is 9.58. The number of nitrogens with zero attached hydrogens (tertiary/aromatic N) is 2. The SMILES string of the molecule is COC(=O)/C(C#N)=C(/SC)c1ccc(N(C)C)cc1. The van der Waals surface area contributed by atoms with Crippen LogP contribution in [-0.2, 0) is 9.53 Å². The number of anilines is 1. The highest BCUT2D eigenvalue weighted by Gasteiger charge is 2.16. The normalized spacial score (nSPS) is 11.3. The van der Waals surface area contributed by atoms with E-state index in [2.05, 4.69) is 4.74 Å². The number of hydrogen-bond donors (Lipinski definition) is 0. The van der Waals surface area contributed by atoms with Crippen LogP contribution in [0.25, 0.3) is 4.91 Å². The molecule has 0 N–H and O–H groups in total. The van der Waals surface area contributed by atoms with Gasteiger partial charge in [0.25, 0.3) is 0 Å². The first kappa shape index (κ1) is 15.1. The lowest BCUT2D eigenvalue weighted by Gasteiger charge is -2.13. The number of nitriles is 1. The predicted molar refractivity (Wildman–Crippen MR) is 78.8 cm³/mol. The van der Waals surface area contributed by atoms with E-state index < -0.39 is 5.97 Å². The Labute approximate surface area is 117 Å². The molecule has 0 unspecified atom stereocenters. The van der Waals surface area contributed by atoms with Crippen LogP contribution in [0.2, 0.25) is 0 Å². The largest absolute Gasteiger partial charge is 0.465 e. The van der Waals surface area contributed by atoms with Crippen LogP contribution in [-0.4, -0.2) is 33.4 Å². The molecule has 1 aromatic carbocycles. The molecule has 0 aliphatic carbocycles. The van der Waals surface area contributed by atoms with Gasteiger partial charge >= 0.3 is 5.97 Å². The molecule has 5 heteroatoms. The summed E-state index contributed by atoms with van der Waals surface area (Å²) in [6.45, 7) is 0. The molecular formula is C14H16N2O2S. The van der Waals surface area contributed by atoms with Gasteiger partial charge in [-0.25, -0.2) is 4.79 Å². The fraction of sp³-hybridized carbons (Fsp3) is 0.286. The van der Waals surface area contributed by atoms with Crippen molar-refractivity contribution >= 4 is 28.3 Å². The molecule has 0 atom stereocenters. The van der Waals surface area contributed by atoms with Gasteiger partial charge in [-0.3, -0.25) is 0 Å². The van der Waals surface area contributed by atoms with Crippen LogP contribution in [0.5, 0.6) is 0 Å². The van der Waals surface area contributed by atoms with E-state index in [1.165, 1.54) is 18.9 Å². The number of ether oxygens (including phenoxy) is 1. The minimum absolute atomic E-state index is 0.0348. The van der Waals surface area contributed by atoms with Crippen molar-refractivity contribution < 1.29 is 9.53 Å². The van der Waals surface area contributed by atoms with Crippen molar-refractivity contribution in [3.8, 4) is 6.07 Å². The van der Waals surface area contributed by atoms with Crippen LogP contribution in [0.1, 0.15) is 5.56 Å². The standard InChI is InChI=1S/C14H16N2O2S/c1-16(2)11-7-5-10(6-8-11)13(19-4)12(9-15)14(17)18-3/h5-8H,1-4H3/b13-12+. The van der Waals surface area contributed by atoms with E-state index in [-0.39, 0.29) is 5.57 Å². The van der Waals surface area contributed by atoms with E-state index in [4.69, 9.17) is 5.26 Å². The summed E-state index contributed by atoms with van der Waals surface area (Å²) >= 11 is 1.36. The first-order chi connectivity index (χ1) is 9.04. The zero-order chi connectivity index (χ0) is 14.4. The third-order valence-electron chi connectivity index (χ3n) is 2.58.